The lowest BCUT2D eigenvalue weighted by atomic mass is 10.2. The van der Waals surface area contributed by atoms with E-state index in [1.54, 1.807) is 6.08 Å². The summed E-state index contributed by atoms with van der Waals surface area (Å²) in [5.41, 5.74) is 2.64. The number of benzene rings is 3. The monoisotopic (exact) mass is 466 g/mol. The quantitative estimate of drug-likeness (QED) is 0.293. The van der Waals surface area contributed by atoms with Crippen LogP contribution in [0.4, 0.5) is 0 Å². The summed E-state index contributed by atoms with van der Waals surface area (Å²) in [6.45, 7) is 16.6. The predicted molar refractivity (Wildman–Crippen MR) is 148 cm³/mol. The maximum Gasteiger partial charge on any atom is 0.189 e. The van der Waals surface area contributed by atoms with Gasteiger partial charge in [-0.2, -0.15) is 0 Å². The Morgan fingerprint density at radius 2 is 1.06 bits per heavy atom. The minimum absolute atomic E-state index is 0.123. The lowest BCUT2D eigenvalue weighted by Crippen LogP contribution is -2.21. The first-order chi connectivity index (χ1) is 16.4. The van der Waals surface area contributed by atoms with E-state index in [4.69, 9.17) is 9.47 Å². The van der Waals surface area contributed by atoms with Crippen molar-refractivity contribution in [1.29, 1.82) is 0 Å². The fraction of sp³-hybridized carbons (Fsp3) is 0.355. The largest absolute Gasteiger partial charge is 0.488 e. The van der Waals surface area contributed by atoms with Gasteiger partial charge in [-0.25, -0.2) is 0 Å². The molecule has 0 aliphatic carbocycles. The summed E-state index contributed by atoms with van der Waals surface area (Å²) in [6, 6.07) is 29.8. The Bertz CT molecular complexity index is 719. The molecular formula is C31H46O3. The lowest BCUT2D eigenvalue weighted by molar-refractivity contribution is -0.110. The van der Waals surface area contributed by atoms with Gasteiger partial charge in [0.1, 0.15) is 12.4 Å². The average molecular weight is 467 g/mol. The fourth-order valence-electron chi connectivity index (χ4n) is 1.98. The molecule has 3 aromatic rings. The number of rotatable bonds is 6. The summed E-state index contributed by atoms with van der Waals surface area (Å²) in [6.07, 6.45) is 3.17. The summed E-state index contributed by atoms with van der Waals surface area (Å²) in [5, 5.41) is 9.25. The second-order valence-corrected chi connectivity index (χ2v) is 7.42. The molecule has 1 atom stereocenters. The number of aliphatic hydroxyl groups is 1. The van der Waals surface area contributed by atoms with Gasteiger partial charge < -0.3 is 14.6 Å². The zero-order chi connectivity index (χ0) is 25.9. The first kappa shape index (κ1) is 33.3. The van der Waals surface area contributed by atoms with Gasteiger partial charge >= 0.3 is 0 Å². The van der Waals surface area contributed by atoms with Crippen molar-refractivity contribution in [2.24, 2.45) is 0 Å². The van der Waals surface area contributed by atoms with Crippen LogP contribution in [-0.4, -0.2) is 24.6 Å². The van der Waals surface area contributed by atoms with Gasteiger partial charge in [0.25, 0.3) is 0 Å². The molecule has 0 bridgehead atoms. The molecule has 3 nitrogen and oxygen atoms in total. The third kappa shape index (κ3) is 25.4. The number of aliphatic hydroxyl groups excluding tert-OH is 1. The normalized spacial score (nSPS) is 9.62. The van der Waals surface area contributed by atoms with Crippen molar-refractivity contribution in [2.75, 3.05) is 13.2 Å². The van der Waals surface area contributed by atoms with Crippen LogP contribution in [0.3, 0.4) is 0 Å². The third-order valence-electron chi connectivity index (χ3n) is 3.42. The Hall–Kier alpha value is -2.88. The summed E-state index contributed by atoms with van der Waals surface area (Å²) < 4.78 is 10.2. The molecule has 0 saturated heterocycles. The Balaban J connectivity index is 0. The smallest absolute Gasteiger partial charge is 0.189 e. The standard InChI is InChI=1S/C11H14O3.2C7H8.2C3H8/c1-2-8-13-11(12)9-14-10-6-4-3-5-7-10;2*1-7-5-3-2-4-6-7;2*1-3-2/h2-7,11-12H,1,8-9H2;2*2-6H,1H3;2*3H2,1-2H3. The van der Waals surface area contributed by atoms with Gasteiger partial charge in [-0.3, -0.25) is 0 Å². The number of para-hydroxylation sites is 1. The van der Waals surface area contributed by atoms with Crippen molar-refractivity contribution >= 4 is 0 Å². The molecule has 0 fully saturated rings. The lowest BCUT2D eigenvalue weighted by Gasteiger charge is -2.11. The zero-order valence-corrected chi connectivity index (χ0v) is 22.1. The van der Waals surface area contributed by atoms with Gasteiger partial charge in [-0.1, -0.05) is 137 Å². The molecule has 0 radical (unpaired) electrons. The molecular weight excluding hydrogens is 420 g/mol. The molecule has 0 aliphatic rings. The van der Waals surface area contributed by atoms with E-state index in [1.807, 2.05) is 66.7 Å². The van der Waals surface area contributed by atoms with Crippen LogP contribution in [0.1, 0.15) is 51.7 Å². The van der Waals surface area contributed by atoms with E-state index in [0.29, 0.717) is 12.4 Å². The highest BCUT2D eigenvalue weighted by Gasteiger charge is 2.03. The van der Waals surface area contributed by atoms with Crippen molar-refractivity contribution < 1.29 is 14.6 Å². The number of aryl methyl sites for hydroxylation is 2. The summed E-state index contributed by atoms with van der Waals surface area (Å²) in [4.78, 5) is 0. The van der Waals surface area contributed by atoms with E-state index in [1.165, 1.54) is 24.0 Å². The van der Waals surface area contributed by atoms with Gasteiger partial charge in [-0.05, 0) is 26.0 Å². The Kier molecular flexibility index (Phi) is 25.8. The van der Waals surface area contributed by atoms with Crippen LogP contribution in [0, 0.1) is 13.8 Å². The first-order valence-electron chi connectivity index (χ1n) is 12.1. The first-order valence-corrected chi connectivity index (χ1v) is 12.1. The zero-order valence-electron chi connectivity index (χ0n) is 22.1. The molecule has 0 spiro atoms. The second-order valence-electron chi connectivity index (χ2n) is 7.42. The highest BCUT2D eigenvalue weighted by molar-refractivity contribution is 5.20. The number of ether oxygens (including phenoxy) is 2. The molecule has 0 amide bonds. The molecule has 1 N–H and O–H groups in total. The SMILES string of the molecule is C=CCOC(O)COc1ccccc1.CCC.CCC.Cc1ccccc1.Cc1ccccc1. The molecule has 0 aromatic heterocycles. The molecule has 34 heavy (non-hydrogen) atoms. The van der Waals surface area contributed by atoms with Gasteiger partial charge in [0, 0.05) is 0 Å². The van der Waals surface area contributed by atoms with Crippen LogP contribution in [0.15, 0.2) is 104 Å². The minimum Gasteiger partial charge on any atom is -0.488 e. The minimum atomic E-state index is -0.909. The summed E-state index contributed by atoms with van der Waals surface area (Å²) in [7, 11) is 0. The summed E-state index contributed by atoms with van der Waals surface area (Å²) in [5.74, 6) is 0.716. The molecule has 0 saturated carbocycles. The third-order valence-corrected chi connectivity index (χ3v) is 3.42. The van der Waals surface area contributed by atoms with Crippen molar-refractivity contribution in [1.82, 2.24) is 0 Å². The predicted octanol–water partition coefficient (Wildman–Crippen LogP) is 8.41. The van der Waals surface area contributed by atoms with Crippen LogP contribution in [-0.2, 0) is 4.74 Å². The Morgan fingerprint density at radius 3 is 1.35 bits per heavy atom. The number of hydrogen-bond donors (Lipinski definition) is 1. The maximum absolute atomic E-state index is 9.25. The van der Waals surface area contributed by atoms with Gasteiger partial charge in [0.05, 0.1) is 6.61 Å². The molecule has 3 rings (SSSR count). The molecule has 3 heteroatoms. The van der Waals surface area contributed by atoms with Crippen LogP contribution < -0.4 is 4.74 Å². The molecule has 0 heterocycles. The van der Waals surface area contributed by atoms with Gasteiger partial charge in [-0.15, -0.1) is 6.58 Å². The summed E-state index contributed by atoms with van der Waals surface area (Å²) >= 11 is 0. The van der Waals surface area contributed by atoms with Gasteiger partial charge in [0.2, 0.25) is 0 Å². The maximum atomic E-state index is 9.25. The van der Waals surface area contributed by atoms with E-state index in [0.717, 1.165) is 0 Å². The van der Waals surface area contributed by atoms with Crippen LogP contribution in [0.25, 0.3) is 0 Å². The van der Waals surface area contributed by atoms with Crippen LogP contribution >= 0.6 is 0 Å². The second kappa shape index (κ2) is 26.4. The Morgan fingerprint density at radius 1 is 0.706 bits per heavy atom. The van der Waals surface area contributed by atoms with Crippen LogP contribution in [0.5, 0.6) is 5.75 Å². The number of hydrogen-bond acceptors (Lipinski definition) is 3. The van der Waals surface area contributed by atoms with E-state index in [-0.39, 0.29) is 6.61 Å². The van der Waals surface area contributed by atoms with Crippen molar-refractivity contribution in [2.45, 2.75) is 60.7 Å². The molecule has 3 aromatic carbocycles. The van der Waals surface area contributed by atoms with E-state index in [2.05, 4.69) is 72.4 Å². The average Bonchev–Trinajstić information content (AvgIpc) is 2.85. The van der Waals surface area contributed by atoms with E-state index in [9.17, 15) is 5.11 Å². The van der Waals surface area contributed by atoms with Crippen LogP contribution in [0.2, 0.25) is 0 Å². The van der Waals surface area contributed by atoms with Crippen molar-refractivity contribution in [3.63, 3.8) is 0 Å². The molecule has 0 aliphatic heterocycles. The highest BCUT2D eigenvalue weighted by Crippen LogP contribution is 2.08. The Labute approximate surface area is 209 Å². The van der Waals surface area contributed by atoms with E-state index >= 15 is 0 Å². The molecule has 188 valence electrons. The fourth-order valence-corrected chi connectivity index (χ4v) is 1.98. The molecule has 1 unspecified atom stereocenters. The van der Waals surface area contributed by atoms with Gasteiger partial charge in [0.15, 0.2) is 6.29 Å². The van der Waals surface area contributed by atoms with Crippen molar-refractivity contribution in [3.8, 4) is 5.75 Å². The van der Waals surface area contributed by atoms with E-state index < -0.39 is 6.29 Å². The highest BCUT2D eigenvalue weighted by atomic mass is 16.6. The van der Waals surface area contributed by atoms with Crippen molar-refractivity contribution in [3.05, 3.63) is 115 Å². The topological polar surface area (TPSA) is 38.7 Å².